The van der Waals surface area contributed by atoms with Crippen molar-refractivity contribution in [2.75, 3.05) is 13.1 Å². The highest BCUT2D eigenvalue weighted by molar-refractivity contribution is 5.89. The van der Waals surface area contributed by atoms with E-state index in [2.05, 4.69) is 43.4 Å². The Labute approximate surface area is 187 Å². The number of hydrogen-bond acceptors (Lipinski definition) is 3. The van der Waals surface area contributed by atoms with Crippen molar-refractivity contribution < 1.29 is 9.59 Å². The highest BCUT2D eigenvalue weighted by Crippen LogP contribution is 2.26. The Kier molecular flexibility index (Phi) is 9.63. The van der Waals surface area contributed by atoms with Crippen LogP contribution in [0.4, 0.5) is 0 Å². The smallest absolute Gasteiger partial charge is 0.245 e. The van der Waals surface area contributed by atoms with Gasteiger partial charge in [-0.25, -0.2) is 0 Å². The molecule has 0 radical (unpaired) electrons. The molecule has 30 heavy (non-hydrogen) atoms. The van der Waals surface area contributed by atoms with Gasteiger partial charge in [-0.1, -0.05) is 50.6 Å². The van der Waals surface area contributed by atoms with Crippen molar-refractivity contribution in [3.63, 3.8) is 0 Å². The summed E-state index contributed by atoms with van der Waals surface area (Å²) < 4.78 is 0. The molecule has 0 bridgehead atoms. The van der Waals surface area contributed by atoms with E-state index in [-0.39, 0.29) is 42.1 Å². The number of piperidine rings is 1. The van der Waals surface area contributed by atoms with E-state index in [0.29, 0.717) is 5.92 Å². The van der Waals surface area contributed by atoms with Crippen molar-refractivity contribution in [1.29, 1.82) is 0 Å². The lowest BCUT2D eigenvalue weighted by Gasteiger charge is -2.36. The first-order valence-corrected chi connectivity index (χ1v) is 11.4. The largest absolute Gasteiger partial charge is 0.344 e. The number of nitrogens with one attached hydrogen (secondary N) is 1. The van der Waals surface area contributed by atoms with Crippen LogP contribution in [0, 0.1) is 17.8 Å². The zero-order valence-electron chi connectivity index (χ0n) is 18.4. The highest BCUT2D eigenvalue weighted by Gasteiger charge is 2.35. The second-order valence-corrected chi connectivity index (χ2v) is 9.10. The summed E-state index contributed by atoms with van der Waals surface area (Å²) in [5, 5.41) is 3.09. The molecule has 1 aliphatic heterocycles. The van der Waals surface area contributed by atoms with Gasteiger partial charge < -0.3 is 16.0 Å². The lowest BCUT2D eigenvalue weighted by molar-refractivity contribution is -0.140. The van der Waals surface area contributed by atoms with Crippen LogP contribution in [0.5, 0.6) is 0 Å². The van der Waals surface area contributed by atoms with Crippen molar-refractivity contribution in [2.45, 2.75) is 70.9 Å². The van der Waals surface area contributed by atoms with Crippen molar-refractivity contribution >= 4 is 24.2 Å². The topological polar surface area (TPSA) is 75.4 Å². The quantitative estimate of drug-likeness (QED) is 0.687. The Hall–Kier alpha value is -1.59. The van der Waals surface area contributed by atoms with Gasteiger partial charge in [-0.2, -0.15) is 0 Å². The van der Waals surface area contributed by atoms with Gasteiger partial charge in [0, 0.05) is 25.0 Å². The molecule has 4 atom stereocenters. The lowest BCUT2D eigenvalue weighted by atomic mass is 9.89. The summed E-state index contributed by atoms with van der Waals surface area (Å²) in [5.41, 5.74) is 7.34. The van der Waals surface area contributed by atoms with Crippen LogP contribution in [0.25, 0.3) is 0 Å². The van der Waals surface area contributed by atoms with Gasteiger partial charge >= 0.3 is 0 Å². The fourth-order valence-corrected chi connectivity index (χ4v) is 4.71. The zero-order valence-corrected chi connectivity index (χ0v) is 19.2. The van der Waals surface area contributed by atoms with Gasteiger partial charge in [0.2, 0.25) is 11.8 Å². The van der Waals surface area contributed by atoms with E-state index in [4.69, 9.17) is 5.73 Å². The highest BCUT2D eigenvalue weighted by atomic mass is 35.5. The molecule has 1 aromatic carbocycles. The van der Waals surface area contributed by atoms with Crippen LogP contribution in [0.1, 0.15) is 57.9 Å². The third-order valence-electron chi connectivity index (χ3n) is 6.91. The number of nitrogens with zero attached hydrogens (tertiary/aromatic N) is 1. The predicted octanol–water partition coefficient (Wildman–Crippen LogP) is 3.55. The SMILES string of the molecule is CCC(C)C(NC(=O)C1CCC(N)C1)C(=O)N1CCC(Cc2ccccc2)CC1.Cl. The summed E-state index contributed by atoms with van der Waals surface area (Å²) in [6.45, 7) is 5.71. The minimum atomic E-state index is -0.421. The Bertz CT molecular complexity index is 676. The molecule has 2 aliphatic rings. The fourth-order valence-electron chi connectivity index (χ4n) is 4.71. The van der Waals surface area contributed by atoms with Crippen LogP contribution >= 0.6 is 12.4 Å². The molecule has 5 nitrogen and oxygen atoms in total. The summed E-state index contributed by atoms with van der Waals surface area (Å²) in [7, 11) is 0. The first-order chi connectivity index (χ1) is 14.0. The summed E-state index contributed by atoms with van der Waals surface area (Å²) in [5.74, 6) is 0.811. The number of halogens is 1. The standard InChI is InChI=1S/C24H37N3O2.ClH/c1-3-17(2)22(26-23(28)20-9-10-21(25)16-20)24(29)27-13-11-19(12-14-27)15-18-7-5-4-6-8-18;/h4-8,17,19-22H,3,9-16,25H2,1-2H3,(H,26,28);1H. The average Bonchev–Trinajstić information content (AvgIpc) is 3.18. The molecule has 4 unspecified atom stereocenters. The number of rotatable bonds is 7. The monoisotopic (exact) mass is 435 g/mol. The molecule has 168 valence electrons. The van der Waals surface area contributed by atoms with E-state index >= 15 is 0 Å². The van der Waals surface area contributed by atoms with Crippen molar-refractivity contribution in [3.05, 3.63) is 35.9 Å². The molecule has 0 aromatic heterocycles. The third kappa shape index (κ3) is 6.45. The Balaban J connectivity index is 0.00000320. The van der Waals surface area contributed by atoms with Crippen molar-refractivity contribution in [2.24, 2.45) is 23.5 Å². The van der Waals surface area contributed by atoms with Crippen LogP contribution in [0.15, 0.2) is 30.3 Å². The van der Waals surface area contributed by atoms with Crippen LogP contribution in [-0.4, -0.2) is 41.9 Å². The normalized spacial score (nSPS) is 24.0. The average molecular weight is 436 g/mol. The molecule has 2 amide bonds. The minimum absolute atomic E-state index is 0. The summed E-state index contributed by atoms with van der Waals surface area (Å²) >= 11 is 0. The molecule has 3 N–H and O–H groups in total. The van der Waals surface area contributed by atoms with Gasteiger partial charge in [-0.05, 0) is 55.9 Å². The van der Waals surface area contributed by atoms with E-state index in [0.717, 1.165) is 58.0 Å². The van der Waals surface area contributed by atoms with Crippen LogP contribution in [0.2, 0.25) is 0 Å². The molecule has 1 aliphatic carbocycles. The lowest BCUT2D eigenvalue weighted by Crippen LogP contribution is -2.54. The summed E-state index contributed by atoms with van der Waals surface area (Å²) in [6, 6.07) is 10.3. The maximum absolute atomic E-state index is 13.3. The van der Waals surface area contributed by atoms with E-state index < -0.39 is 6.04 Å². The third-order valence-corrected chi connectivity index (χ3v) is 6.91. The Morgan fingerprint density at radius 2 is 1.80 bits per heavy atom. The number of amides is 2. The number of hydrogen-bond donors (Lipinski definition) is 2. The molecule has 1 heterocycles. The Morgan fingerprint density at radius 1 is 1.13 bits per heavy atom. The molecular weight excluding hydrogens is 398 g/mol. The molecule has 1 aromatic rings. The molecule has 6 heteroatoms. The first-order valence-electron chi connectivity index (χ1n) is 11.4. The van der Waals surface area contributed by atoms with Gasteiger partial charge in [-0.3, -0.25) is 9.59 Å². The maximum Gasteiger partial charge on any atom is 0.245 e. The minimum Gasteiger partial charge on any atom is -0.344 e. The summed E-state index contributed by atoms with van der Waals surface area (Å²) in [4.78, 5) is 28.0. The molecule has 1 saturated carbocycles. The second kappa shape index (κ2) is 11.7. The van der Waals surface area contributed by atoms with Gasteiger partial charge in [0.25, 0.3) is 0 Å². The van der Waals surface area contributed by atoms with Crippen molar-refractivity contribution in [1.82, 2.24) is 10.2 Å². The molecule has 1 saturated heterocycles. The second-order valence-electron chi connectivity index (χ2n) is 9.10. The van der Waals surface area contributed by atoms with E-state index in [1.807, 2.05) is 11.0 Å². The maximum atomic E-state index is 13.3. The number of benzene rings is 1. The van der Waals surface area contributed by atoms with E-state index in [1.54, 1.807) is 0 Å². The van der Waals surface area contributed by atoms with Gasteiger partial charge in [0.15, 0.2) is 0 Å². The van der Waals surface area contributed by atoms with Gasteiger partial charge in [-0.15, -0.1) is 12.4 Å². The zero-order chi connectivity index (χ0) is 20.8. The van der Waals surface area contributed by atoms with E-state index in [9.17, 15) is 9.59 Å². The first kappa shape index (κ1) is 24.7. The molecular formula is C24H38ClN3O2. The molecule has 3 rings (SSSR count). The Morgan fingerprint density at radius 3 is 2.37 bits per heavy atom. The van der Waals surface area contributed by atoms with Gasteiger partial charge in [0.1, 0.15) is 6.04 Å². The fraction of sp³-hybridized carbons (Fsp3) is 0.667. The van der Waals surface area contributed by atoms with Gasteiger partial charge in [0.05, 0.1) is 0 Å². The summed E-state index contributed by atoms with van der Waals surface area (Å²) in [6.07, 6.45) is 6.46. The van der Waals surface area contributed by atoms with Crippen LogP contribution in [0.3, 0.4) is 0 Å². The number of nitrogens with two attached hydrogens (primary N) is 1. The molecule has 2 fully saturated rings. The van der Waals surface area contributed by atoms with Crippen LogP contribution in [-0.2, 0) is 16.0 Å². The van der Waals surface area contributed by atoms with E-state index in [1.165, 1.54) is 5.56 Å². The number of likely N-dealkylation sites (tertiary alicyclic amines) is 1. The molecule has 0 spiro atoms. The number of carbonyl (C=O) groups is 2. The van der Waals surface area contributed by atoms with Crippen LogP contribution < -0.4 is 11.1 Å². The van der Waals surface area contributed by atoms with Crippen molar-refractivity contribution in [3.8, 4) is 0 Å². The predicted molar refractivity (Wildman–Crippen MR) is 123 cm³/mol. The number of carbonyl (C=O) groups excluding carboxylic acids is 2.